The molecule has 31 heavy (non-hydrogen) atoms. The van der Waals surface area contributed by atoms with Crippen molar-refractivity contribution in [2.45, 2.75) is 10.5 Å². The number of amides is 1. The van der Waals surface area contributed by atoms with Gasteiger partial charge in [0.05, 0.1) is 35.4 Å². The molecule has 2 rings (SSSR count). The van der Waals surface area contributed by atoms with Gasteiger partial charge in [-0.25, -0.2) is 8.42 Å². The van der Waals surface area contributed by atoms with Crippen molar-refractivity contribution in [3.05, 3.63) is 28.8 Å². The number of aromatic nitrogens is 2. The molecule has 0 aliphatic carbocycles. The fourth-order valence-electron chi connectivity index (χ4n) is 2.05. The average molecular weight is 519 g/mol. The number of esters is 1. The molecule has 9 nitrogen and oxygen atoms in total. The molecule has 0 aliphatic rings. The van der Waals surface area contributed by atoms with Crippen LogP contribution >= 0.6 is 34.7 Å². The number of carbonyl (C=O) groups is 2. The van der Waals surface area contributed by atoms with Crippen molar-refractivity contribution in [3.63, 3.8) is 0 Å². The number of ether oxygens (including phenoxy) is 1. The summed E-state index contributed by atoms with van der Waals surface area (Å²) in [5, 5.41) is 9.45. The number of hydrogen-bond acceptors (Lipinski definition) is 9. The maximum absolute atomic E-state index is 13.0. The third-order valence-electron chi connectivity index (χ3n) is 3.42. The predicted molar refractivity (Wildman–Crippen MR) is 110 cm³/mol. The van der Waals surface area contributed by atoms with Gasteiger partial charge in [0, 0.05) is 0 Å². The van der Waals surface area contributed by atoms with Crippen molar-refractivity contribution in [2.24, 2.45) is 0 Å². The minimum absolute atomic E-state index is 0.000885. The van der Waals surface area contributed by atoms with Crippen LogP contribution in [0, 0.1) is 0 Å². The van der Waals surface area contributed by atoms with Crippen LogP contribution in [0.25, 0.3) is 0 Å². The molecule has 0 unspecified atom stereocenters. The molecular weight excluding hydrogens is 505 g/mol. The maximum atomic E-state index is 13.0. The Balaban J connectivity index is 2.19. The Morgan fingerprint density at radius 2 is 2.00 bits per heavy atom. The van der Waals surface area contributed by atoms with Gasteiger partial charge in [-0.3, -0.25) is 19.2 Å². The third kappa shape index (κ3) is 7.22. The summed E-state index contributed by atoms with van der Waals surface area (Å²) in [6.07, 6.45) is -4.01. The first kappa shape index (κ1) is 25.2. The Bertz CT molecular complexity index is 1080. The summed E-state index contributed by atoms with van der Waals surface area (Å²) in [5.74, 6) is -1.42. The largest absolute Gasteiger partial charge is 0.468 e. The second kappa shape index (κ2) is 10.0. The molecule has 0 bridgehead atoms. The number of anilines is 2. The number of benzene rings is 1. The van der Waals surface area contributed by atoms with E-state index in [0.29, 0.717) is 20.8 Å². The Hall–Kier alpha value is -2.10. The van der Waals surface area contributed by atoms with Crippen LogP contribution in [0.2, 0.25) is 5.02 Å². The lowest BCUT2D eigenvalue weighted by Crippen LogP contribution is -2.37. The first-order valence-electron chi connectivity index (χ1n) is 7.98. The van der Waals surface area contributed by atoms with Crippen LogP contribution < -0.4 is 9.62 Å². The summed E-state index contributed by atoms with van der Waals surface area (Å²) in [6, 6.07) is 2.13. The molecule has 1 amide bonds. The summed E-state index contributed by atoms with van der Waals surface area (Å²) >= 11 is 7.82. The number of hydrogen-bond donors (Lipinski definition) is 1. The summed E-state index contributed by atoms with van der Waals surface area (Å²) in [4.78, 5) is 23.5. The van der Waals surface area contributed by atoms with Crippen LogP contribution in [0.5, 0.6) is 0 Å². The minimum Gasteiger partial charge on any atom is -0.468 e. The zero-order valence-electron chi connectivity index (χ0n) is 15.8. The molecular formula is C15H14ClF3N4O5S3. The SMILES string of the molecule is COC(=O)CSc1nnc(NC(=O)CN(c2cc(C(F)(F)F)ccc2Cl)S(C)(=O)=O)s1. The fourth-order valence-corrected chi connectivity index (χ4v) is 4.78. The highest BCUT2D eigenvalue weighted by molar-refractivity contribution is 8.01. The van der Waals surface area contributed by atoms with Gasteiger partial charge >= 0.3 is 12.1 Å². The van der Waals surface area contributed by atoms with Gasteiger partial charge in [0.15, 0.2) is 4.34 Å². The number of methoxy groups -OCH3 is 1. The number of sulfonamides is 1. The average Bonchev–Trinajstić information content (AvgIpc) is 3.10. The summed E-state index contributed by atoms with van der Waals surface area (Å²) < 4.78 is 68.6. The Morgan fingerprint density at radius 1 is 1.32 bits per heavy atom. The molecule has 1 N–H and O–H groups in total. The van der Waals surface area contributed by atoms with Gasteiger partial charge in [-0.05, 0) is 18.2 Å². The number of nitrogens with one attached hydrogen (secondary N) is 1. The first-order chi connectivity index (χ1) is 14.3. The van der Waals surface area contributed by atoms with Gasteiger partial charge in [0.2, 0.25) is 21.1 Å². The van der Waals surface area contributed by atoms with Gasteiger partial charge < -0.3 is 4.74 Å². The molecule has 16 heteroatoms. The standard InChI is InChI=1S/C15H14ClF3N4O5S3/c1-28-12(25)7-29-14-22-21-13(30-14)20-11(24)6-23(31(2,26)27)10-5-8(15(17,18)19)3-4-9(10)16/h3-5H,6-7H2,1-2H3,(H,20,21,24). The van der Waals surface area contributed by atoms with E-state index < -0.39 is 45.9 Å². The quantitative estimate of drug-likeness (QED) is 0.322. The normalized spacial score (nSPS) is 11.8. The van der Waals surface area contributed by atoms with E-state index in [4.69, 9.17) is 11.6 Å². The van der Waals surface area contributed by atoms with Crippen molar-refractivity contribution in [3.8, 4) is 0 Å². The van der Waals surface area contributed by atoms with Gasteiger partial charge in [-0.2, -0.15) is 13.2 Å². The molecule has 1 heterocycles. The monoisotopic (exact) mass is 518 g/mol. The smallest absolute Gasteiger partial charge is 0.416 e. The third-order valence-corrected chi connectivity index (χ3v) is 6.82. The maximum Gasteiger partial charge on any atom is 0.416 e. The number of carbonyl (C=O) groups excluding carboxylic acids is 2. The molecule has 0 fully saturated rings. The fraction of sp³-hybridized carbons (Fsp3) is 0.333. The molecule has 2 aromatic rings. The zero-order valence-corrected chi connectivity index (χ0v) is 19.0. The lowest BCUT2D eigenvalue weighted by Gasteiger charge is -2.23. The van der Waals surface area contributed by atoms with E-state index in [-0.39, 0.29) is 15.9 Å². The highest BCUT2D eigenvalue weighted by Gasteiger charge is 2.33. The molecule has 0 saturated carbocycles. The Morgan fingerprint density at radius 3 is 2.58 bits per heavy atom. The molecule has 0 radical (unpaired) electrons. The lowest BCUT2D eigenvalue weighted by atomic mass is 10.2. The minimum atomic E-state index is -4.74. The van der Waals surface area contributed by atoms with Crippen molar-refractivity contribution in [1.82, 2.24) is 10.2 Å². The predicted octanol–water partition coefficient (Wildman–Crippen LogP) is 2.88. The van der Waals surface area contributed by atoms with E-state index in [2.05, 4.69) is 20.3 Å². The van der Waals surface area contributed by atoms with E-state index in [1.165, 1.54) is 7.11 Å². The summed E-state index contributed by atoms with van der Waals surface area (Å²) in [7, 11) is -2.95. The number of thioether (sulfide) groups is 1. The van der Waals surface area contributed by atoms with E-state index >= 15 is 0 Å². The second-order valence-electron chi connectivity index (χ2n) is 5.72. The van der Waals surface area contributed by atoms with Crippen molar-refractivity contribution in [2.75, 3.05) is 35.3 Å². The highest BCUT2D eigenvalue weighted by atomic mass is 35.5. The van der Waals surface area contributed by atoms with E-state index in [1.807, 2.05) is 0 Å². The molecule has 1 aromatic heterocycles. The van der Waals surface area contributed by atoms with Crippen LogP contribution in [0.1, 0.15) is 5.56 Å². The van der Waals surface area contributed by atoms with Crippen molar-refractivity contribution in [1.29, 1.82) is 0 Å². The second-order valence-corrected chi connectivity index (χ2v) is 10.2. The van der Waals surface area contributed by atoms with Crippen LogP contribution in [-0.4, -0.2) is 56.2 Å². The lowest BCUT2D eigenvalue weighted by molar-refractivity contribution is -0.138. The van der Waals surface area contributed by atoms with Gasteiger partial charge in [0.1, 0.15) is 6.54 Å². The molecule has 0 spiro atoms. The van der Waals surface area contributed by atoms with E-state index in [0.717, 1.165) is 35.4 Å². The van der Waals surface area contributed by atoms with Gasteiger partial charge in [0.25, 0.3) is 0 Å². The number of nitrogens with zero attached hydrogens (tertiary/aromatic N) is 3. The molecule has 0 aliphatic heterocycles. The number of alkyl halides is 3. The van der Waals surface area contributed by atoms with E-state index in [9.17, 15) is 31.2 Å². The summed E-state index contributed by atoms with van der Waals surface area (Å²) in [5.41, 5.74) is -1.63. The Kier molecular flexibility index (Phi) is 8.13. The van der Waals surface area contributed by atoms with Crippen LogP contribution in [0.4, 0.5) is 24.0 Å². The number of halogens is 4. The zero-order chi connectivity index (χ0) is 23.4. The van der Waals surface area contributed by atoms with Crippen LogP contribution in [0.3, 0.4) is 0 Å². The van der Waals surface area contributed by atoms with Crippen molar-refractivity contribution >= 4 is 67.4 Å². The highest BCUT2D eigenvalue weighted by Crippen LogP contribution is 2.36. The molecule has 0 atom stereocenters. The molecule has 1 aromatic carbocycles. The molecule has 170 valence electrons. The molecule has 0 saturated heterocycles. The van der Waals surface area contributed by atoms with Gasteiger partial charge in [-0.1, -0.05) is 34.7 Å². The van der Waals surface area contributed by atoms with Crippen LogP contribution in [0.15, 0.2) is 22.5 Å². The van der Waals surface area contributed by atoms with E-state index in [1.54, 1.807) is 0 Å². The first-order valence-corrected chi connectivity index (χ1v) is 12.0. The topological polar surface area (TPSA) is 119 Å². The number of rotatable bonds is 8. The van der Waals surface area contributed by atoms with Crippen LogP contribution in [-0.2, 0) is 30.5 Å². The Labute approximate surface area is 188 Å². The van der Waals surface area contributed by atoms with Gasteiger partial charge in [-0.15, -0.1) is 10.2 Å². The summed E-state index contributed by atoms with van der Waals surface area (Å²) in [6.45, 7) is -0.857. The van der Waals surface area contributed by atoms with Crippen molar-refractivity contribution < 1.29 is 35.9 Å².